The van der Waals surface area contributed by atoms with Crippen molar-refractivity contribution in [1.29, 1.82) is 0 Å². The third-order valence-electron chi connectivity index (χ3n) is 3.17. The van der Waals surface area contributed by atoms with E-state index in [0.717, 1.165) is 22.9 Å². The average Bonchev–Trinajstić information content (AvgIpc) is 2.71. The van der Waals surface area contributed by atoms with E-state index >= 15 is 0 Å². The Morgan fingerprint density at radius 1 is 1.59 bits per heavy atom. The van der Waals surface area contributed by atoms with Crippen LogP contribution < -0.4 is 0 Å². The normalized spacial score (nSPS) is 23.9. The van der Waals surface area contributed by atoms with Crippen molar-refractivity contribution in [2.24, 2.45) is 0 Å². The van der Waals surface area contributed by atoms with Crippen molar-refractivity contribution in [3.8, 4) is 0 Å². The minimum atomic E-state index is -0.615. The Kier molecular flexibility index (Phi) is 3.91. The zero-order chi connectivity index (χ0) is 12.5. The van der Waals surface area contributed by atoms with Crippen LogP contribution in [0.3, 0.4) is 0 Å². The van der Waals surface area contributed by atoms with Gasteiger partial charge in [0, 0.05) is 22.5 Å². The highest BCUT2D eigenvalue weighted by Crippen LogP contribution is 2.29. The Bertz CT molecular complexity index is 439. The Morgan fingerprint density at radius 3 is 2.94 bits per heavy atom. The number of carbonyl (C=O) groups is 1. The molecule has 2 nitrogen and oxygen atoms in total. The summed E-state index contributed by atoms with van der Waals surface area (Å²) in [7, 11) is 0. The first kappa shape index (κ1) is 13.1. The maximum Gasteiger partial charge on any atom is 0.168 e. The van der Waals surface area contributed by atoms with Gasteiger partial charge < -0.3 is 4.74 Å². The highest BCUT2D eigenvalue weighted by Gasteiger charge is 2.37. The van der Waals surface area contributed by atoms with Gasteiger partial charge in [0.1, 0.15) is 5.60 Å². The standard InChI is InChI=1S/C13H14BrClO2/c1-13(5-2-6-17-13)12(16)7-9-3-4-10(14)8-11(9)15/h3-4,8H,2,5-7H2,1H3. The molecule has 1 fully saturated rings. The first-order valence-electron chi connectivity index (χ1n) is 5.62. The lowest BCUT2D eigenvalue weighted by Crippen LogP contribution is -2.35. The third kappa shape index (κ3) is 2.90. The van der Waals surface area contributed by atoms with Gasteiger partial charge in [0.15, 0.2) is 5.78 Å². The van der Waals surface area contributed by atoms with Crippen molar-refractivity contribution >= 4 is 33.3 Å². The van der Waals surface area contributed by atoms with E-state index in [0.29, 0.717) is 18.1 Å². The first-order chi connectivity index (χ1) is 8.01. The minimum absolute atomic E-state index is 0.110. The maximum atomic E-state index is 12.2. The van der Waals surface area contributed by atoms with Gasteiger partial charge in [0.25, 0.3) is 0 Å². The number of hydrogen-bond acceptors (Lipinski definition) is 2. The van der Waals surface area contributed by atoms with Crippen molar-refractivity contribution in [2.45, 2.75) is 31.8 Å². The van der Waals surface area contributed by atoms with Crippen molar-refractivity contribution < 1.29 is 9.53 Å². The van der Waals surface area contributed by atoms with Crippen molar-refractivity contribution in [3.05, 3.63) is 33.3 Å². The predicted octanol–water partition coefficient (Wildman–Crippen LogP) is 3.78. The molecule has 1 aliphatic rings. The molecule has 1 aromatic rings. The number of ketones is 1. The van der Waals surface area contributed by atoms with Crippen LogP contribution in [0.25, 0.3) is 0 Å². The molecule has 17 heavy (non-hydrogen) atoms. The van der Waals surface area contributed by atoms with Crippen LogP contribution in [0.4, 0.5) is 0 Å². The van der Waals surface area contributed by atoms with Gasteiger partial charge in [-0.15, -0.1) is 0 Å². The summed E-state index contributed by atoms with van der Waals surface area (Å²) in [6.45, 7) is 2.55. The van der Waals surface area contributed by atoms with Gasteiger partial charge in [-0.3, -0.25) is 4.79 Å². The largest absolute Gasteiger partial charge is 0.367 e. The molecule has 1 heterocycles. The second-order valence-electron chi connectivity index (χ2n) is 4.52. The van der Waals surface area contributed by atoms with Gasteiger partial charge in [0.2, 0.25) is 0 Å². The SMILES string of the molecule is CC1(C(=O)Cc2ccc(Br)cc2Cl)CCCO1. The van der Waals surface area contributed by atoms with Gasteiger partial charge >= 0.3 is 0 Å². The molecule has 0 N–H and O–H groups in total. The molecule has 1 saturated heterocycles. The number of ether oxygens (including phenoxy) is 1. The van der Waals surface area contributed by atoms with Gasteiger partial charge in [-0.25, -0.2) is 0 Å². The molecule has 0 aromatic heterocycles. The van der Waals surface area contributed by atoms with E-state index in [2.05, 4.69) is 15.9 Å². The number of carbonyl (C=O) groups excluding carboxylic acids is 1. The molecule has 4 heteroatoms. The molecule has 2 rings (SSSR count). The molecule has 0 saturated carbocycles. The summed E-state index contributed by atoms with van der Waals surface area (Å²) in [6, 6.07) is 5.58. The lowest BCUT2D eigenvalue weighted by atomic mass is 9.92. The van der Waals surface area contributed by atoms with E-state index in [9.17, 15) is 4.79 Å². The highest BCUT2D eigenvalue weighted by atomic mass is 79.9. The summed E-state index contributed by atoms with van der Waals surface area (Å²) in [6.07, 6.45) is 2.10. The molecule has 0 bridgehead atoms. The first-order valence-corrected chi connectivity index (χ1v) is 6.79. The smallest absolute Gasteiger partial charge is 0.168 e. The average molecular weight is 318 g/mol. The Hall–Kier alpha value is -0.380. The molecule has 1 aromatic carbocycles. The molecule has 92 valence electrons. The van der Waals surface area contributed by atoms with E-state index in [1.807, 2.05) is 25.1 Å². The maximum absolute atomic E-state index is 12.2. The van der Waals surface area contributed by atoms with Crippen LogP contribution in [-0.4, -0.2) is 18.0 Å². The summed E-state index contributed by atoms with van der Waals surface area (Å²) < 4.78 is 6.45. The molecule has 0 spiro atoms. The van der Waals surface area contributed by atoms with Crippen molar-refractivity contribution in [2.75, 3.05) is 6.61 Å². The number of hydrogen-bond donors (Lipinski definition) is 0. The molecule has 0 amide bonds. The summed E-state index contributed by atoms with van der Waals surface area (Å²) in [5.74, 6) is 0.110. The molecule has 1 unspecified atom stereocenters. The van der Waals surface area contributed by atoms with Crippen molar-refractivity contribution in [1.82, 2.24) is 0 Å². The molecule has 1 aliphatic heterocycles. The third-order valence-corrected chi connectivity index (χ3v) is 4.02. The van der Waals surface area contributed by atoms with E-state index in [1.54, 1.807) is 0 Å². The van der Waals surface area contributed by atoms with Gasteiger partial charge in [-0.05, 0) is 37.5 Å². The number of Topliss-reactive ketones (excluding diaryl/α,β-unsaturated/α-hetero) is 1. The Morgan fingerprint density at radius 2 is 2.35 bits per heavy atom. The second kappa shape index (κ2) is 5.09. The van der Waals surface area contributed by atoms with Crippen LogP contribution in [0.1, 0.15) is 25.3 Å². The van der Waals surface area contributed by atoms with Crippen LogP contribution in [0.5, 0.6) is 0 Å². The minimum Gasteiger partial charge on any atom is -0.367 e. The molecular formula is C13H14BrClO2. The Balaban J connectivity index is 2.13. The van der Waals surface area contributed by atoms with E-state index < -0.39 is 5.60 Å². The monoisotopic (exact) mass is 316 g/mol. The predicted molar refractivity (Wildman–Crippen MR) is 71.5 cm³/mol. The lowest BCUT2D eigenvalue weighted by molar-refractivity contribution is -0.136. The molecule has 1 atom stereocenters. The van der Waals surface area contributed by atoms with Gasteiger partial charge in [-0.1, -0.05) is 33.6 Å². The van der Waals surface area contributed by atoms with Gasteiger partial charge in [-0.2, -0.15) is 0 Å². The topological polar surface area (TPSA) is 26.3 Å². The summed E-state index contributed by atoms with van der Waals surface area (Å²) >= 11 is 9.45. The fourth-order valence-corrected chi connectivity index (χ4v) is 2.76. The van der Waals surface area contributed by atoms with Crippen LogP contribution in [0.2, 0.25) is 5.02 Å². The summed E-state index contributed by atoms with van der Waals surface area (Å²) in [4.78, 5) is 12.2. The number of rotatable bonds is 3. The van der Waals surface area contributed by atoms with Crippen LogP contribution in [0.15, 0.2) is 22.7 Å². The van der Waals surface area contributed by atoms with E-state index in [-0.39, 0.29) is 5.78 Å². The number of benzene rings is 1. The summed E-state index contributed by atoms with van der Waals surface area (Å²) in [5, 5.41) is 0.620. The van der Waals surface area contributed by atoms with Crippen LogP contribution in [-0.2, 0) is 16.0 Å². The highest BCUT2D eigenvalue weighted by molar-refractivity contribution is 9.10. The van der Waals surface area contributed by atoms with Crippen molar-refractivity contribution in [3.63, 3.8) is 0 Å². The molecule has 0 radical (unpaired) electrons. The fraction of sp³-hybridized carbons (Fsp3) is 0.462. The zero-order valence-electron chi connectivity index (χ0n) is 9.63. The van der Waals surface area contributed by atoms with Crippen LogP contribution in [0, 0.1) is 0 Å². The quantitative estimate of drug-likeness (QED) is 0.848. The van der Waals surface area contributed by atoms with E-state index in [4.69, 9.17) is 16.3 Å². The van der Waals surface area contributed by atoms with E-state index in [1.165, 1.54) is 0 Å². The molecular weight excluding hydrogens is 303 g/mol. The van der Waals surface area contributed by atoms with Gasteiger partial charge in [0.05, 0.1) is 0 Å². The summed E-state index contributed by atoms with van der Waals surface area (Å²) in [5.41, 5.74) is 0.243. The zero-order valence-corrected chi connectivity index (χ0v) is 12.0. The second-order valence-corrected chi connectivity index (χ2v) is 5.84. The molecule has 0 aliphatic carbocycles. The fourth-order valence-electron chi connectivity index (χ4n) is 2.02. The number of halogens is 2. The lowest BCUT2D eigenvalue weighted by Gasteiger charge is -2.21. The Labute approximate surface area is 114 Å². The van der Waals surface area contributed by atoms with Crippen LogP contribution >= 0.6 is 27.5 Å².